The van der Waals surface area contributed by atoms with Crippen molar-refractivity contribution in [1.82, 2.24) is 10.2 Å². The first-order valence-corrected chi connectivity index (χ1v) is 10.7. The van der Waals surface area contributed by atoms with Gasteiger partial charge in [-0.2, -0.15) is 0 Å². The van der Waals surface area contributed by atoms with Gasteiger partial charge in [0.15, 0.2) is 0 Å². The fourth-order valence-corrected chi connectivity index (χ4v) is 2.38. The number of carbonyl (C=O) groups excluding carboxylic acids is 4. The summed E-state index contributed by atoms with van der Waals surface area (Å²) in [5.74, 6) is -0.891. The molecule has 0 rings (SSSR count). The third-order valence-corrected chi connectivity index (χ3v) is 4.12. The Morgan fingerprint density at radius 3 is 2.13 bits per heavy atom. The largest absolute Gasteiger partial charge is 0.349 e. The van der Waals surface area contributed by atoms with E-state index in [0.717, 1.165) is 32.1 Å². The number of rotatable bonds is 14. The van der Waals surface area contributed by atoms with Crippen LogP contribution in [0.25, 0.3) is 0 Å². The van der Waals surface area contributed by atoms with Crippen molar-refractivity contribution >= 4 is 23.4 Å². The predicted molar refractivity (Wildman–Crippen MR) is 123 cm³/mol. The third-order valence-electron chi connectivity index (χ3n) is 4.12. The van der Waals surface area contributed by atoms with E-state index in [4.69, 9.17) is 0 Å². The monoisotopic (exact) mass is 420 g/mol. The molecule has 0 aromatic carbocycles. The van der Waals surface area contributed by atoms with Gasteiger partial charge >= 0.3 is 0 Å². The number of ketones is 2. The smallest absolute Gasteiger partial charge is 0.287 e. The van der Waals surface area contributed by atoms with E-state index in [1.165, 1.54) is 6.92 Å². The van der Waals surface area contributed by atoms with Crippen LogP contribution < -0.4 is 5.32 Å². The summed E-state index contributed by atoms with van der Waals surface area (Å²) in [4.78, 5) is 46.0. The molecule has 170 valence electrons. The van der Waals surface area contributed by atoms with Crippen LogP contribution in [0.5, 0.6) is 0 Å². The van der Waals surface area contributed by atoms with Gasteiger partial charge in [-0.3, -0.25) is 19.2 Å². The fourth-order valence-electron chi connectivity index (χ4n) is 2.38. The van der Waals surface area contributed by atoms with E-state index < -0.39 is 11.7 Å². The molecule has 0 saturated carbocycles. The summed E-state index contributed by atoms with van der Waals surface area (Å²) < 4.78 is 0. The second kappa shape index (κ2) is 19.8. The second-order valence-electron chi connectivity index (χ2n) is 7.27. The molecular formula is C24H40N2O4. The Morgan fingerprint density at radius 1 is 1.00 bits per heavy atom. The van der Waals surface area contributed by atoms with Gasteiger partial charge < -0.3 is 10.2 Å². The van der Waals surface area contributed by atoms with Gasteiger partial charge in [0.25, 0.3) is 5.91 Å². The molecule has 0 aliphatic heterocycles. The number of nitrogens with one attached hydrogen (secondary N) is 1. The van der Waals surface area contributed by atoms with Crippen molar-refractivity contribution in [2.75, 3.05) is 20.6 Å². The maximum atomic E-state index is 11.9. The molecule has 0 aromatic rings. The zero-order chi connectivity index (χ0) is 23.4. The van der Waals surface area contributed by atoms with Crippen LogP contribution in [-0.4, -0.2) is 48.9 Å². The molecule has 30 heavy (non-hydrogen) atoms. The molecule has 1 atom stereocenters. The number of nitrogens with zero attached hydrogens (tertiary/aromatic N) is 1. The minimum atomic E-state index is -0.649. The van der Waals surface area contributed by atoms with E-state index in [2.05, 4.69) is 24.9 Å². The van der Waals surface area contributed by atoms with Crippen LogP contribution in [0.4, 0.5) is 0 Å². The average molecular weight is 421 g/mol. The van der Waals surface area contributed by atoms with Gasteiger partial charge in [-0.05, 0) is 26.2 Å². The first-order chi connectivity index (χ1) is 14.2. The maximum absolute atomic E-state index is 11.9. The molecule has 0 aliphatic carbocycles. The van der Waals surface area contributed by atoms with Crippen LogP contribution >= 0.6 is 0 Å². The first-order valence-electron chi connectivity index (χ1n) is 10.7. The van der Waals surface area contributed by atoms with Crippen LogP contribution in [0.15, 0.2) is 37.0 Å². The van der Waals surface area contributed by atoms with Crippen molar-refractivity contribution in [3.05, 3.63) is 37.0 Å². The van der Waals surface area contributed by atoms with E-state index in [-0.39, 0.29) is 30.6 Å². The highest BCUT2D eigenvalue weighted by molar-refractivity contribution is 6.36. The molecule has 2 amide bonds. The number of Topliss-reactive ketones (excluding diaryl/α,β-unsaturated/α-hetero) is 2. The number of hydrogen-bond donors (Lipinski definition) is 1. The van der Waals surface area contributed by atoms with E-state index in [1.54, 1.807) is 11.0 Å². The highest BCUT2D eigenvalue weighted by Crippen LogP contribution is 2.15. The summed E-state index contributed by atoms with van der Waals surface area (Å²) in [6.07, 6.45) is 15.5. The van der Waals surface area contributed by atoms with Crippen LogP contribution in [0.1, 0.15) is 65.7 Å². The van der Waals surface area contributed by atoms with Gasteiger partial charge in [-0.15, -0.1) is 0 Å². The van der Waals surface area contributed by atoms with Crippen molar-refractivity contribution in [2.45, 2.75) is 65.7 Å². The molecule has 0 spiro atoms. The minimum absolute atomic E-state index is 0.0588. The molecule has 0 fully saturated rings. The first kappa shape index (κ1) is 29.7. The molecule has 0 radical (unpaired) electrons. The van der Waals surface area contributed by atoms with Crippen molar-refractivity contribution in [2.24, 2.45) is 5.92 Å². The van der Waals surface area contributed by atoms with Gasteiger partial charge in [0.05, 0.1) is 6.54 Å². The molecule has 6 nitrogen and oxygen atoms in total. The molecule has 0 aromatic heterocycles. The van der Waals surface area contributed by atoms with E-state index in [9.17, 15) is 19.2 Å². The number of amides is 2. The van der Waals surface area contributed by atoms with E-state index >= 15 is 0 Å². The predicted octanol–water partition coefficient (Wildman–Crippen LogP) is 4.02. The molecule has 1 unspecified atom stereocenters. The topological polar surface area (TPSA) is 83.6 Å². The van der Waals surface area contributed by atoms with Crippen molar-refractivity contribution in [3.8, 4) is 0 Å². The van der Waals surface area contributed by atoms with E-state index in [0.29, 0.717) is 6.42 Å². The summed E-state index contributed by atoms with van der Waals surface area (Å²) in [5, 5.41) is 2.25. The van der Waals surface area contributed by atoms with Crippen molar-refractivity contribution in [1.29, 1.82) is 0 Å². The Kier molecular flexibility index (Phi) is 19.6. The summed E-state index contributed by atoms with van der Waals surface area (Å²) >= 11 is 0. The molecule has 6 heteroatoms. The third kappa shape index (κ3) is 17.6. The summed E-state index contributed by atoms with van der Waals surface area (Å²) in [6.45, 7) is 9.00. The Hall–Kier alpha value is -2.50. The standard InChI is InChI=1S/C15H25NO.C9H15NO3/c1-5-7-9-10-11-13-14(12-8-6-2)15(17)16(3)4;1-3-4-5-8(12)9(13)10-6-7(2)11/h5,7,9-11,14H,1,6,8,12-13H2,2-4H3;3-6H2,1-2H3,(H,10,13)/b9-7-,11-10-;. The number of carbonyl (C=O) groups is 4. The molecule has 0 bridgehead atoms. The summed E-state index contributed by atoms with van der Waals surface area (Å²) in [5.41, 5.74) is 0. The molecule has 0 aliphatic rings. The Bertz CT molecular complexity index is 592. The summed E-state index contributed by atoms with van der Waals surface area (Å²) in [7, 11) is 3.64. The van der Waals surface area contributed by atoms with Gasteiger partial charge in [0, 0.05) is 26.4 Å². The highest BCUT2D eigenvalue weighted by Gasteiger charge is 2.17. The molecular weight excluding hydrogens is 380 g/mol. The number of allylic oxidation sites excluding steroid dienone is 5. The van der Waals surface area contributed by atoms with Crippen molar-refractivity contribution in [3.63, 3.8) is 0 Å². The quantitative estimate of drug-likeness (QED) is 0.340. The highest BCUT2D eigenvalue weighted by atomic mass is 16.2. The van der Waals surface area contributed by atoms with Gasteiger partial charge in [0.2, 0.25) is 11.7 Å². The van der Waals surface area contributed by atoms with Crippen LogP contribution in [0.2, 0.25) is 0 Å². The lowest BCUT2D eigenvalue weighted by Crippen LogP contribution is -2.34. The second-order valence-corrected chi connectivity index (χ2v) is 7.27. The van der Waals surface area contributed by atoms with Crippen LogP contribution in [-0.2, 0) is 19.2 Å². The van der Waals surface area contributed by atoms with E-state index in [1.807, 2.05) is 39.2 Å². The van der Waals surface area contributed by atoms with Crippen LogP contribution in [0, 0.1) is 5.92 Å². The van der Waals surface area contributed by atoms with Crippen molar-refractivity contribution < 1.29 is 19.2 Å². The minimum Gasteiger partial charge on any atom is -0.349 e. The lowest BCUT2D eigenvalue weighted by Gasteiger charge is -2.19. The van der Waals surface area contributed by atoms with Gasteiger partial charge in [-0.1, -0.05) is 70.1 Å². The zero-order valence-electron chi connectivity index (χ0n) is 19.4. The molecule has 0 heterocycles. The fraction of sp³-hybridized carbons (Fsp3) is 0.583. The normalized spacial score (nSPS) is 11.5. The Balaban J connectivity index is 0. The number of unbranched alkanes of at least 4 members (excludes halogenated alkanes) is 2. The zero-order valence-corrected chi connectivity index (χ0v) is 19.4. The SMILES string of the molecule is C=C/C=C\C=C/CC(CCCC)C(=O)N(C)C.CCCCC(=O)C(=O)NCC(C)=O. The molecule has 0 saturated heterocycles. The molecule has 1 N–H and O–H groups in total. The maximum Gasteiger partial charge on any atom is 0.287 e. The van der Waals surface area contributed by atoms with Gasteiger partial charge in [0.1, 0.15) is 5.78 Å². The van der Waals surface area contributed by atoms with Gasteiger partial charge in [-0.25, -0.2) is 0 Å². The summed E-state index contributed by atoms with van der Waals surface area (Å²) in [6, 6.07) is 0. The Labute approximate surface area is 182 Å². The average Bonchev–Trinajstić information content (AvgIpc) is 2.71. The lowest BCUT2D eigenvalue weighted by molar-refractivity contribution is -0.138. The Morgan fingerprint density at radius 2 is 1.63 bits per heavy atom. The lowest BCUT2D eigenvalue weighted by atomic mass is 9.97. The number of hydrogen-bond acceptors (Lipinski definition) is 4. The van der Waals surface area contributed by atoms with Crippen LogP contribution in [0.3, 0.4) is 0 Å².